The molecule has 0 unspecified atom stereocenters. The van der Waals surface area contributed by atoms with Gasteiger partial charge in [-0.25, -0.2) is 9.69 Å². The first-order chi connectivity index (χ1) is 5.93. The first kappa shape index (κ1) is 9.70. The number of carbonyl (C=O) groups excluding carboxylic acids is 3. The summed E-state index contributed by atoms with van der Waals surface area (Å²) in [5.41, 5.74) is -1.01. The lowest BCUT2D eigenvalue weighted by atomic mass is 9.97. The van der Waals surface area contributed by atoms with Crippen LogP contribution in [0.15, 0.2) is 0 Å². The molecule has 0 radical (unpaired) electrons. The predicted molar refractivity (Wildman–Crippen MR) is 44.8 cm³/mol. The van der Waals surface area contributed by atoms with Crippen molar-refractivity contribution in [1.82, 2.24) is 10.2 Å². The summed E-state index contributed by atoms with van der Waals surface area (Å²) >= 11 is 0. The van der Waals surface area contributed by atoms with Crippen LogP contribution in [-0.4, -0.2) is 28.3 Å². The Kier molecular flexibility index (Phi) is 2.11. The van der Waals surface area contributed by atoms with E-state index in [4.69, 9.17) is 0 Å². The number of carbonyl (C=O) groups is 3. The molecule has 1 aliphatic heterocycles. The van der Waals surface area contributed by atoms with E-state index in [9.17, 15) is 14.4 Å². The molecular weight excluding hydrogens is 172 g/mol. The Bertz CT molecular complexity index is 287. The van der Waals surface area contributed by atoms with Crippen LogP contribution >= 0.6 is 0 Å². The molecule has 0 aromatic rings. The van der Waals surface area contributed by atoms with Crippen LogP contribution in [0.25, 0.3) is 0 Å². The molecule has 4 amide bonds. The largest absolute Gasteiger partial charge is 0.331 e. The third-order valence-electron chi connectivity index (χ3n) is 2.41. The highest BCUT2D eigenvalue weighted by Gasteiger charge is 2.49. The number of nitrogens with one attached hydrogen (secondary N) is 1. The zero-order valence-electron chi connectivity index (χ0n) is 7.88. The van der Waals surface area contributed by atoms with E-state index in [2.05, 4.69) is 5.32 Å². The molecule has 0 spiro atoms. The maximum absolute atomic E-state index is 11.3. The second-order valence-corrected chi connectivity index (χ2v) is 3.24. The van der Waals surface area contributed by atoms with E-state index in [0.29, 0.717) is 6.42 Å². The van der Waals surface area contributed by atoms with Crippen LogP contribution in [-0.2, 0) is 9.59 Å². The molecule has 13 heavy (non-hydrogen) atoms. The van der Waals surface area contributed by atoms with Crippen LogP contribution in [0.4, 0.5) is 4.79 Å². The fraction of sp³-hybridized carbons (Fsp3) is 0.625. The number of imide groups is 2. The maximum Gasteiger partial charge on any atom is 0.331 e. The van der Waals surface area contributed by atoms with Gasteiger partial charge in [0.05, 0.1) is 0 Å². The van der Waals surface area contributed by atoms with E-state index in [-0.39, 0.29) is 0 Å². The summed E-state index contributed by atoms with van der Waals surface area (Å²) in [5, 5.41) is 2.12. The summed E-state index contributed by atoms with van der Waals surface area (Å²) in [6.07, 6.45) is 0.421. The van der Waals surface area contributed by atoms with Gasteiger partial charge >= 0.3 is 6.03 Å². The Hall–Kier alpha value is -1.39. The molecule has 0 aromatic heterocycles. The highest BCUT2D eigenvalue weighted by Crippen LogP contribution is 2.24. The first-order valence-electron chi connectivity index (χ1n) is 4.09. The molecule has 1 N–H and O–H groups in total. The zero-order valence-corrected chi connectivity index (χ0v) is 7.88. The van der Waals surface area contributed by atoms with Crippen LogP contribution < -0.4 is 5.32 Å². The SMILES string of the molecule is CC[C@]1(C)C(=O)NC(=O)N1C(C)=O. The topological polar surface area (TPSA) is 66.5 Å². The minimum Gasteiger partial charge on any atom is -0.275 e. The summed E-state index contributed by atoms with van der Waals surface area (Å²) in [6.45, 7) is 4.61. The molecule has 1 aliphatic rings. The molecule has 5 nitrogen and oxygen atoms in total. The molecule has 1 fully saturated rings. The molecule has 0 saturated carbocycles. The summed E-state index contributed by atoms with van der Waals surface area (Å²) in [4.78, 5) is 34.6. The number of rotatable bonds is 1. The zero-order chi connectivity index (χ0) is 10.2. The van der Waals surface area contributed by atoms with Crippen LogP contribution in [0.1, 0.15) is 27.2 Å². The fourth-order valence-corrected chi connectivity index (χ4v) is 1.42. The van der Waals surface area contributed by atoms with Gasteiger partial charge in [-0.1, -0.05) is 6.92 Å². The average Bonchev–Trinajstić information content (AvgIpc) is 2.24. The van der Waals surface area contributed by atoms with Crippen molar-refractivity contribution in [2.24, 2.45) is 0 Å². The minimum absolute atomic E-state index is 0.407. The average molecular weight is 184 g/mol. The Morgan fingerprint density at radius 1 is 1.54 bits per heavy atom. The molecule has 0 aromatic carbocycles. The molecule has 1 rings (SSSR count). The van der Waals surface area contributed by atoms with E-state index in [1.54, 1.807) is 13.8 Å². The summed E-state index contributed by atoms with van der Waals surface area (Å²) in [7, 11) is 0. The molecule has 1 atom stereocenters. The predicted octanol–water partition coefficient (Wildman–Crippen LogP) is 0.253. The molecular formula is C8H12N2O3. The van der Waals surface area contributed by atoms with E-state index in [1.165, 1.54) is 6.92 Å². The summed E-state index contributed by atoms with van der Waals surface area (Å²) in [6, 6.07) is -0.623. The molecule has 0 aliphatic carbocycles. The van der Waals surface area contributed by atoms with Crippen molar-refractivity contribution in [3.05, 3.63) is 0 Å². The number of nitrogens with zero attached hydrogens (tertiary/aromatic N) is 1. The third-order valence-corrected chi connectivity index (χ3v) is 2.41. The van der Waals surface area contributed by atoms with Gasteiger partial charge in [-0.2, -0.15) is 0 Å². The molecule has 1 saturated heterocycles. The maximum atomic E-state index is 11.3. The normalized spacial score (nSPS) is 27.8. The standard InChI is InChI=1S/C8H12N2O3/c1-4-8(3)6(12)9-7(13)10(8)5(2)11/h4H2,1-3H3,(H,9,12,13)/t8-/m1/s1. The van der Waals surface area contributed by atoms with E-state index >= 15 is 0 Å². The van der Waals surface area contributed by atoms with Gasteiger partial charge in [-0.3, -0.25) is 14.9 Å². The number of amides is 4. The lowest BCUT2D eigenvalue weighted by molar-refractivity contribution is -0.136. The van der Waals surface area contributed by atoms with E-state index < -0.39 is 23.4 Å². The van der Waals surface area contributed by atoms with E-state index in [0.717, 1.165) is 4.90 Å². The first-order valence-corrected chi connectivity index (χ1v) is 4.09. The molecule has 72 valence electrons. The van der Waals surface area contributed by atoms with Gasteiger partial charge in [0.1, 0.15) is 5.54 Å². The molecule has 5 heteroatoms. The van der Waals surface area contributed by atoms with Gasteiger partial charge in [-0.15, -0.1) is 0 Å². The van der Waals surface area contributed by atoms with Crippen molar-refractivity contribution in [1.29, 1.82) is 0 Å². The Morgan fingerprint density at radius 2 is 2.08 bits per heavy atom. The van der Waals surface area contributed by atoms with Crippen molar-refractivity contribution in [3.63, 3.8) is 0 Å². The Balaban J connectivity index is 3.11. The van der Waals surface area contributed by atoms with Gasteiger partial charge in [0, 0.05) is 6.92 Å². The van der Waals surface area contributed by atoms with Crippen molar-refractivity contribution in [3.8, 4) is 0 Å². The lowest BCUT2D eigenvalue weighted by Gasteiger charge is -2.27. The van der Waals surface area contributed by atoms with Gasteiger partial charge < -0.3 is 0 Å². The second kappa shape index (κ2) is 2.83. The lowest BCUT2D eigenvalue weighted by Crippen LogP contribution is -2.48. The molecule has 1 heterocycles. The quantitative estimate of drug-likeness (QED) is 0.594. The monoisotopic (exact) mass is 184 g/mol. The minimum atomic E-state index is -1.01. The highest BCUT2D eigenvalue weighted by atomic mass is 16.2. The smallest absolute Gasteiger partial charge is 0.275 e. The van der Waals surface area contributed by atoms with Crippen LogP contribution in [0.5, 0.6) is 0 Å². The van der Waals surface area contributed by atoms with Crippen LogP contribution in [0.2, 0.25) is 0 Å². The van der Waals surface area contributed by atoms with Crippen molar-refractivity contribution in [2.75, 3.05) is 0 Å². The van der Waals surface area contributed by atoms with Gasteiger partial charge in [0.2, 0.25) is 5.91 Å². The van der Waals surface area contributed by atoms with Gasteiger partial charge in [0.25, 0.3) is 5.91 Å². The number of hydrogen-bond acceptors (Lipinski definition) is 3. The third kappa shape index (κ3) is 1.20. The van der Waals surface area contributed by atoms with Crippen molar-refractivity contribution in [2.45, 2.75) is 32.7 Å². The Morgan fingerprint density at radius 3 is 2.38 bits per heavy atom. The summed E-state index contributed by atoms with van der Waals surface area (Å²) < 4.78 is 0. The second-order valence-electron chi connectivity index (χ2n) is 3.24. The molecule has 0 bridgehead atoms. The van der Waals surface area contributed by atoms with Crippen molar-refractivity contribution < 1.29 is 14.4 Å². The Labute approximate surface area is 76.1 Å². The highest BCUT2D eigenvalue weighted by molar-refractivity contribution is 6.13. The van der Waals surface area contributed by atoms with Gasteiger partial charge in [-0.05, 0) is 13.3 Å². The van der Waals surface area contributed by atoms with Gasteiger partial charge in [0.15, 0.2) is 0 Å². The number of hydrogen-bond donors (Lipinski definition) is 1. The van der Waals surface area contributed by atoms with Crippen LogP contribution in [0, 0.1) is 0 Å². The van der Waals surface area contributed by atoms with Crippen LogP contribution in [0.3, 0.4) is 0 Å². The van der Waals surface area contributed by atoms with Crippen molar-refractivity contribution >= 4 is 17.8 Å². The van der Waals surface area contributed by atoms with E-state index in [1.807, 2.05) is 0 Å². The fourth-order valence-electron chi connectivity index (χ4n) is 1.42. The summed E-state index contributed by atoms with van der Waals surface area (Å²) in [5.74, 6) is -0.817. The number of urea groups is 1.